The van der Waals surface area contributed by atoms with E-state index in [0.29, 0.717) is 40.7 Å². The monoisotopic (exact) mass is 446 g/mol. The number of hydrogen-bond donors (Lipinski definition) is 1. The average Bonchev–Trinajstić information content (AvgIpc) is 3.29. The van der Waals surface area contributed by atoms with Crippen LogP contribution in [0.3, 0.4) is 0 Å². The summed E-state index contributed by atoms with van der Waals surface area (Å²) in [5.74, 6) is 2.44. The van der Waals surface area contributed by atoms with Crippen molar-refractivity contribution < 1.29 is 14.0 Å². The van der Waals surface area contributed by atoms with Gasteiger partial charge >= 0.3 is 0 Å². The molecule has 3 aromatic rings. The topological polar surface area (TPSA) is 72.2 Å². The van der Waals surface area contributed by atoms with Crippen molar-refractivity contribution in [2.24, 2.45) is 0 Å². The summed E-state index contributed by atoms with van der Waals surface area (Å²) in [6.07, 6.45) is 3.35. The summed E-state index contributed by atoms with van der Waals surface area (Å²) in [5, 5.41) is 3.55. The molecule has 29 heavy (non-hydrogen) atoms. The van der Waals surface area contributed by atoms with Gasteiger partial charge in [0.25, 0.3) is 5.91 Å². The molecule has 8 heteroatoms. The number of hydrogen-bond acceptors (Lipinski definition) is 7. The summed E-state index contributed by atoms with van der Waals surface area (Å²) in [6, 6.07) is 5.70. The molecule has 0 unspecified atom stereocenters. The molecule has 1 aliphatic rings. The highest BCUT2D eigenvalue weighted by Gasteiger charge is 2.27. The van der Waals surface area contributed by atoms with Gasteiger partial charge in [0, 0.05) is 30.0 Å². The van der Waals surface area contributed by atoms with E-state index in [2.05, 4.69) is 24.1 Å². The van der Waals surface area contributed by atoms with Gasteiger partial charge < -0.3 is 9.73 Å². The Morgan fingerprint density at radius 2 is 2.17 bits per heavy atom. The Morgan fingerprint density at radius 1 is 1.31 bits per heavy atom. The summed E-state index contributed by atoms with van der Waals surface area (Å²) in [7, 11) is 0. The maximum absolute atomic E-state index is 12.7. The normalized spacial score (nSPS) is 13.8. The molecule has 0 spiro atoms. The molecule has 1 N–H and O–H groups in total. The summed E-state index contributed by atoms with van der Waals surface area (Å²) in [6.45, 7) is 4.41. The highest BCUT2D eigenvalue weighted by atomic mass is 32.2. The van der Waals surface area contributed by atoms with Crippen molar-refractivity contribution in [3.05, 3.63) is 41.3 Å². The van der Waals surface area contributed by atoms with Crippen molar-refractivity contribution in [1.82, 2.24) is 4.98 Å². The van der Waals surface area contributed by atoms with Gasteiger partial charge in [0.2, 0.25) is 0 Å². The number of thiazole rings is 1. The van der Waals surface area contributed by atoms with E-state index in [1.165, 1.54) is 6.26 Å². The SMILES string of the molecule is CC(C)SCCSc1nc2ccc(NC(=O)c3coc4c3C(=O)CCC4)cc2s1. The second-order valence-electron chi connectivity index (χ2n) is 7.11. The maximum atomic E-state index is 12.7. The number of fused-ring (bicyclic) bond motifs is 2. The van der Waals surface area contributed by atoms with Gasteiger partial charge in [-0.3, -0.25) is 9.59 Å². The van der Waals surface area contributed by atoms with Crippen LogP contribution in [0.1, 0.15) is 53.2 Å². The molecule has 2 heterocycles. The number of carbonyl (C=O) groups is 2. The standard InChI is InChI=1S/C21H22N2O3S3/c1-12(2)27-8-9-28-21-23-15-7-6-13(10-18(15)29-21)22-20(25)14-11-26-17-5-3-4-16(24)19(14)17/h6-7,10-12H,3-5,8-9H2,1-2H3,(H,22,25). The highest BCUT2D eigenvalue weighted by molar-refractivity contribution is 8.04. The molecule has 1 aromatic carbocycles. The quantitative estimate of drug-likeness (QED) is 0.360. The van der Waals surface area contributed by atoms with Crippen LogP contribution in [0.2, 0.25) is 0 Å². The number of amides is 1. The summed E-state index contributed by atoms with van der Waals surface area (Å²) >= 11 is 5.36. The van der Waals surface area contributed by atoms with Gasteiger partial charge in [-0.2, -0.15) is 11.8 Å². The van der Waals surface area contributed by atoms with Crippen LogP contribution in [-0.2, 0) is 6.42 Å². The lowest BCUT2D eigenvalue weighted by Gasteiger charge is -2.10. The van der Waals surface area contributed by atoms with Gasteiger partial charge in [0.05, 0.1) is 21.3 Å². The van der Waals surface area contributed by atoms with E-state index >= 15 is 0 Å². The number of aromatic nitrogens is 1. The molecule has 0 atom stereocenters. The number of carbonyl (C=O) groups excluding carboxylic acids is 2. The zero-order chi connectivity index (χ0) is 20.4. The fourth-order valence-electron chi connectivity index (χ4n) is 3.24. The Bertz CT molecular complexity index is 1050. The molecule has 0 bridgehead atoms. The Balaban J connectivity index is 1.45. The molecule has 0 saturated carbocycles. The molecule has 152 valence electrons. The van der Waals surface area contributed by atoms with Crippen LogP contribution in [0.25, 0.3) is 10.2 Å². The molecular weight excluding hydrogens is 424 g/mol. The third-order valence-electron chi connectivity index (χ3n) is 4.59. The highest BCUT2D eigenvalue weighted by Crippen LogP contribution is 2.32. The first-order valence-electron chi connectivity index (χ1n) is 9.61. The van der Waals surface area contributed by atoms with E-state index in [0.717, 1.165) is 32.5 Å². The number of nitrogens with zero attached hydrogens (tertiary/aromatic N) is 1. The molecular formula is C21H22N2O3S3. The van der Waals surface area contributed by atoms with E-state index < -0.39 is 0 Å². The fourth-order valence-corrected chi connectivity index (χ4v) is 6.26. The smallest absolute Gasteiger partial charge is 0.259 e. The first-order valence-corrected chi connectivity index (χ1v) is 12.5. The van der Waals surface area contributed by atoms with Crippen molar-refractivity contribution in [3.8, 4) is 0 Å². The molecule has 2 aromatic heterocycles. The predicted octanol–water partition coefficient (Wildman–Crippen LogP) is 5.89. The number of aryl methyl sites for hydroxylation is 1. The Morgan fingerprint density at radius 3 is 3.00 bits per heavy atom. The zero-order valence-corrected chi connectivity index (χ0v) is 18.8. The number of ketones is 1. The summed E-state index contributed by atoms with van der Waals surface area (Å²) in [5.41, 5.74) is 2.40. The second-order valence-corrected chi connectivity index (χ2v) is 11.2. The van der Waals surface area contributed by atoms with Crippen LogP contribution >= 0.6 is 34.9 Å². The number of furan rings is 1. The van der Waals surface area contributed by atoms with Gasteiger partial charge in [-0.15, -0.1) is 11.3 Å². The van der Waals surface area contributed by atoms with Crippen LogP contribution in [0.4, 0.5) is 5.69 Å². The molecule has 0 fully saturated rings. The molecule has 0 saturated heterocycles. The van der Waals surface area contributed by atoms with Crippen LogP contribution < -0.4 is 5.32 Å². The Labute approximate surface area is 182 Å². The Hall–Kier alpha value is -1.77. The van der Waals surface area contributed by atoms with Crippen LogP contribution in [0.5, 0.6) is 0 Å². The van der Waals surface area contributed by atoms with E-state index in [-0.39, 0.29) is 11.7 Å². The summed E-state index contributed by atoms with van der Waals surface area (Å²) < 4.78 is 7.54. The van der Waals surface area contributed by atoms with Gasteiger partial charge in [-0.1, -0.05) is 25.6 Å². The Kier molecular flexibility index (Phi) is 6.32. The zero-order valence-electron chi connectivity index (χ0n) is 16.3. The number of thioether (sulfide) groups is 2. The van der Waals surface area contributed by atoms with Gasteiger partial charge in [0.1, 0.15) is 12.0 Å². The average molecular weight is 447 g/mol. The lowest BCUT2D eigenvalue weighted by atomic mass is 9.94. The minimum Gasteiger partial charge on any atom is -0.468 e. The first-order chi connectivity index (χ1) is 14.0. The largest absolute Gasteiger partial charge is 0.468 e. The third-order valence-corrected chi connectivity index (χ3v) is 8.11. The molecule has 1 aliphatic carbocycles. The molecule has 4 rings (SSSR count). The van der Waals surface area contributed by atoms with Crippen molar-refractivity contribution in [1.29, 1.82) is 0 Å². The van der Waals surface area contributed by atoms with Gasteiger partial charge in [-0.05, 0) is 29.9 Å². The first kappa shape index (κ1) is 20.5. The number of anilines is 1. The second kappa shape index (κ2) is 8.93. The van der Waals surface area contributed by atoms with Crippen molar-refractivity contribution in [3.63, 3.8) is 0 Å². The van der Waals surface area contributed by atoms with Gasteiger partial charge in [0.15, 0.2) is 10.1 Å². The molecule has 1 amide bonds. The molecule has 0 radical (unpaired) electrons. The minimum absolute atomic E-state index is 0.0136. The number of Topliss-reactive ketones (excluding diaryl/α,β-unsaturated/α-hetero) is 1. The maximum Gasteiger partial charge on any atom is 0.259 e. The lowest BCUT2D eigenvalue weighted by Crippen LogP contribution is -2.17. The lowest BCUT2D eigenvalue weighted by molar-refractivity contribution is 0.0955. The van der Waals surface area contributed by atoms with Crippen LogP contribution in [-0.4, -0.2) is 33.4 Å². The number of rotatable bonds is 7. The van der Waals surface area contributed by atoms with Crippen molar-refractivity contribution >= 4 is 62.5 Å². The van der Waals surface area contributed by atoms with E-state index in [9.17, 15) is 9.59 Å². The third kappa shape index (κ3) is 4.70. The predicted molar refractivity (Wildman–Crippen MR) is 122 cm³/mol. The van der Waals surface area contributed by atoms with Crippen molar-refractivity contribution in [2.45, 2.75) is 42.7 Å². The van der Waals surface area contributed by atoms with E-state index in [1.807, 2.05) is 30.0 Å². The number of nitrogens with one attached hydrogen (secondary N) is 1. The minimum atomic E-state index is -0.311. The van der Waals surface area contributed by atoms with Gasteiger partial charge in [-0.25, -0.2) is 4.98 Å². The van der Waals surface area contributed by atoms with E-state index in [4.69, 9.17) is 4.42 Å². The summed E-state index contributed by atoms with van der Waals surface area (Å²) in [4.78, 5) is 29.6. The van der Waals surface area contributed by atoms with E-state index in [1.54, 1.807) is 23.1 Å². The molecule has 0 aliphatic heterocycles. The van der Waals surface area contributed by atoms with Crippen molar-refractivity contribution in [2.75, 3.05) is 16.8 Å². The fraction of sp³-hybridized carbons (Fsp3) is 0.381. The van der Waals surface area contributed by atoms with Crippen LogP contribution in [0, 0.1) is 0 Å². The van der Waals surface area contributed by atoms with Crippen LogP contribution in [0.15, 0.2) is 33.2 Å². The number of benzene rings is 1. The molecule has 5 nitrogen and oxygen atoms in total.